The maximum absolute atomic E-state index is 12.9. The molecule has 0 bridgehead atoms. The summed E-state index contributed by atoms with van der Waals surface area (Å²) >= 11 is 6.18. The Morgan fingerprint density at radius 1 is 1.13 bits per heavy atom. The summed E-state index contributed by atoms with van der Waals surface area (Å²) in [4.78, 5) is 15.0. The first-order chi connectivity index (χ1) is 15.1. The average Bonchev–Trinajstić information content (AvgIpc) is 2.82. The Balaban J connectivity index is 1.46. The number of rotatable bonds is 5. The van der Waals surface area contributed by atoms with Crippen LogP contribution in [-0.2, 0) is 4.79 Å². The molecule has 2 heterocycles. The van der Waals surface area contributed by atoms with E-state index < -0.39 is 0 Å². The van der Waals surface area contributed by atoms with Crippen molar-refractivity contribution < 1.29 is 9.53 Å². The fourth-order valence-electron chi connectivity index (χ4n) is 3.87. The van der Waals surface area contributed by atoms with Gasteiger partial charge in [-0.15, -0.1) is 10.2 Å². The molecule has 2 aromatic carbocycles. The minimum Gasteiger partial charge on any atom is -0.496 e. The molecule has 0 radical (unpaired) electrons. The van der Waals surface area contributed by atoms with Gasteiger partial charge >= 0.3 is 0 Å². The molecule has 0 saturated carbocycles. The minimum atomic E-state index is -0.122. The first-order valence-corrected chi connectivity index (χ1v) is 10.7. The van der Waals surface area contributed by atoms with Gasteiger partial charge in [0.2, 0.25) is 5.91 Å². The van der Waals surface area contributed by atoms with Crippen LogP contribution in [-0.4, -0.2) is 36.3 Å². The lowest BCUT2D eigenvalue weighted by Crippen LogP contribution is -2.41. The standard InChI is InChI=1S/C24H25ClN4O2/c1-16-19(25)9-5-10-20(16)26-24(30)17-7-6-14-29(15-17)23-13-12-21(27-28-23)18-8-3-4-11-22(18)31-2/h3-5,8-13,17H,6-7,14-15H2,1-2H3,(H,26,30). The van der Waals surface area contributed by atoms with Crippen LogP contribution in [0.1, 0.15) is 18.4 Å². The van der Waals surface area contributed by atoms with E-state index in [4.69, 9.17) is 16.3 Å². The summed E-state index contributed by atoms with van der Waals surface area (Å²) in [7, 11) is 1.64. The van der Waals surface area contributed by atoms with Crippen molar-refractivity contribution in [1.29, 1.82) is 0 Å². The topological polar surface area (TPSA) is 67.3 Å². The van der Waals surface area contributed by atoms with Crippen LogP contribution >= 0.6 is 11.6 Å². The minimum absolute atomic E-state index is 0.00803. The molecule has 1 amide bonds. The maximum Gasteiger partial charge on any atom is 0.229 e. The second kappa shape index (κ2) is 9.35. The number of nitrogens with one attached hydrogen (secondary N) is 1. The number of aromatic nitrogens is 2. The van der Waals surface area contributed by atoms with Gasteiger partial charge in [0.1, 0.15) is 5.75 Å². The van der Waals surface area contributed by atoms with Crippen LogP contribution in [0.2, 0.25) is 5.02 Å². The van der Waals surface area contributed by atoms with Gasteiger partial charge < -0.3 is 15.0 Å². The molecule has 0 spiro atoms. The van der Waals surface area contributed by atoms with E-state index in [1.165, 1.54) is 0 Å². The fraction of sp³-hybridized carbons (Fsp3) is 0.292. The van der Waals surface area contributed by atoms with Gasteiger partial charge in [-0.05, 0) is 61.7 Å². The molecule has 1 fully saturated rings. The third-order valence-electron chi connectivity index (χ3n) is 5.68. The molecule has 6 nitrogen and oxygen atoms in total. The lowest BCUT2D eigenvalue weighted by Gasteiger charge is -2.32. The van der Waals surface area contributed by atoms with Gasteiger partial charge in [0.15, 0.2) is 5.82 Å². The Morgan fingerprint density at radius 2 is 1.97 bits per heavy atom. The van der Waals surface area contributed by atoms with Gasteiger partial charge in [0.05, 0.1) is 18.7 Å². The molecule has 1 aliphatic rings. The predicted octanol–water partition coefficient (Wildman–Crippen LogP) is 4.97. The van der Waals surface area contributed by atoms with Crippen molar-refractivity contribution in [2.45, 2.75) is 19.8 Å². The van der Waals surface area contributed by atoms with Crippen LogP contribution in [0.4, 0.5) is 11.5 Å². The molecule has 31 heavy (non-hydrogen) atoms. The predicted molar refractivity (Wildman–Crippen MR) is 124 cm³/mol. The summed E-state index contributed by atoms with van der Waals surface area (Å²) < 4.78 is 5.42. The number of carbonyl (C=O) groups excluding carboxylic acids is 1. The highest BCUT2D eigenvalue weighted by atomic mass is 35.5. The van der Waals surface area contributed by atoms with Crippen LogP contribution in [0, 0.1) is 12.8 Å². The summed E-state index contributed by atoms with van der Waals surface area (Å²) in [6.45, 7) is 3.36. The molecule has 1 atom stereocenters. The van der Waals surface area contributed by atoms with E-state index in [2.05, 4.69) is 20.4 Å². The zero-order chi connectivity index (χ0) is 21.8. The van der Waals surface area contributed by atoms with Crippen molar-refractivity contribution in [2.24, 2.45) is 5.92 Å². The number of methoxy groups -OCH3 is 1. The van der Waals surface area contributed by atoms with Crippen LogP contribution in [0.15, 0.2) is 54.6 Å². The number of halogens is 1. The molecule has 4 rings (SSSR count). The molecule has 7 heteroatoms. The number of piperidine rings is 1. The monoisotopic (exact) mass is 436 g/mol. The summed E-state index contributed by atoms with van der Waals surface area (Å²) in [5, 5.41) is 12.5. The first kappa shape index (κ1) is 21.1. The van der Waals surface area contributed by atoms with E-state index in [0.29, 0.717) is 11.6 Å². The van der Waals surface area contributed by atoms with Gasteiger partial charge in [-0.3, -0.25) is 4.79 Å². The van der Waals surface area contributed by atoms with Crippen LogP contribution < -0.4 is 15.0 Å². The number of ether oxygens (including phenoxy) is 1. The number of benzene rings is 2. The number of hydrogen-bond donors (Lipinski definition) is 1. The summed E-state index contributed by atoms with van der Waals surface area (Å²) in [5.41, 5.74) is 3.29. The van der Waals surface area contributed by atoms with Crippen molar-refractivity contribution in [2.75, 3.05) is 30.4 Å². The number of anilines is 2. The van der Waals surface area contributed by atoms with Crippen LogP contribution in [0.25, 0.3) is 11.3 Å². The van der Waals surface area contributed by atoms with Gasteiger partial charge in [0, 0.05) is 29.4 Å². The zero-order valence-electron chi connectivity index (χ0n) is 17.6. The molecule has 0 aliphatic carbocycles. The van der Waals surface area contributed by atoms with Crippen molar-refractivity contribution in [1.82, 2.24) is 10.2 Å². The van der Waals surface area contributed by atoms with Gasteiger partial charge in [-0.1, -0.05) is 29.8 Å². The normalized spacial score (nSPS) is 16.1. The second-order valence-corrected chi connectivity index (χ2v) is 8.07. The third kappa shape index (κ3) is 4.64. The molecule has 1 unspecified atom stereocenters. The summed E-state index contributed by atoms with van der Waals surface area (Å²) in [6, 6.07) is 17.2. The van der Waals surface area contributed by atoms with Crippen molar-refractivity contribution >= 4 is 29.0 Å². The number of hydrogen-bond acceptors (Lipinski definition) is 5. The third-order valence-corrected chi connectivity index (χ3v) is 6.08. The van der Waals surface area contributed by atoms with E-state index in [1.54, 1.807) is 7.11 Å². The Kier molecular flexibility index (Phi) is 6.37. The average molecular weight is 437 g/mol. The van der Waals surface area contributed by atoms with E-state index in [0.717, 1.165) is 53.5 Å². The van der Waals surface area contributed by atoms with E-state index in [-0.39, 0.29) is 11.8 Å². The second-order valence-electron chi connectivity index (χ2n) is 7.66. The molecule has 1 saturated heterocycles. The van der Waals surface area contributed by atoms with Crippen molar-refractivity contribution in [3.63, 3.8) is 0 Å². The van der Waals surface area contributed by atoms with Gasteiger partial charge in [-0.25, -0.2) is 0 Å². The molecule has 160 valence electrons. The van der Waals surface area contributed by atoms with E-state index in [1.807, 2.05) is 61.5 Å². The van der Waals surface area contributed by atoms with Crippen LogP contribution in [0.5, 0.6) is 5.75 Å². The maximum atomic E-state index is 12.9. The largest absolute Gasteiger partial charge is 0.496 e. The Bertz CT molecular complexity index is 1070. The Hall–Kier alpha value is -3.12. The highest BCUT2D eigenvalue weighted by Gasteiger charge is 2.27. The summed E-state index contributed by atoms with van der Waals surface area (Å²) in [5.74, 6) is 1.42. The Labute approximate surface area is 187 Å². The van der Waals surface area contributed by atoms with Crippen molar-refractivity contribution in [3.8, 4) is 17.0 Å². The Morgan fingerprint density at radius 3 is 2.74 bits per heavy atom. The number of amides is 1. The molecule has 1 aromatic heterocycles. The molecule has 3 aromatic rings. The highest BCUT2D eigenvalue weighted by Crippen LogP contribution is 2.29. The highest BCUT2D eigenvalue weighted by molar-refractivity contribution is 6.31. The van der Waals surface area contributed by atoms with E-state index in [9.17, 15) is 4.79 Å². The number of para-hydroxylation sites is 1. The molecule has 1 aliphatic heterocycles. The number of nitrogens with zero attached hydrogens (tertiary/aromatic N) is 3. The van der Waals surface area contributed by atoms with Gasteiger partial charge in [-0.2, -0.15) is 0 Å². The lowest BCUT2D eigenvalue weighted by atomic mass is 9.97. The molecule has 1 N–H and O–H groups in total. The summed E-state index contributed by atoms with van der Waals surface area (Å²) in [6.07, 6.45) is 1.76. The SMILES string of the molecule is COc1ccccc1-c1ccc(N2CCCC(C(=O)Nc3cccc(Cl)c3C)C2)nn1. The molecular weight excluding hydrogens is 412 g/mol. The first-order valence-electron chi connectivity index (χ1n) is 10.3. The van der Waals surface area contributed by atoms with Crippen molar-refractivity contribution in [3.05, 3.63) is 65.2 Å². The molecular formula is C24H25ClN4O2. The fourth-order valence-corrected chi connectivity index (χ4v) is 4.05. The smallest absolute Gasteiger partial charge is 0.229 e. The lowest BCUT2D eigenvalue weighted by molar-refractivity contribution is -0.120. The number of carbonyl (C=O) groups is 1. The van der Waals surface area contributed by atoms with Crippen LogP contribution in [0.3, 0.4) is 0 Å². The quantitative estimate of drug-likeness (QED) is 0.611. The van der Waals surface area contributed by atoms with Gasteiger partial charge in [0.25, 0.3) is 0 Å². The zero-order valence-corrected chi connectivity index (χ0v) is 18.4. The van der Waals surface area contributed by atoms with E-state index >= 15 is 0 Å².